The first-order valence-corrected chi connectivity index (χ1v) is 10.4. The molecule has 30 heavy (non-hydrogen) atoms. The Bertz CT molecular complexity index is 1260. The highest BCUT2D eigenvalue weighted by atomic mass is 35.5. The van der Waals surface area contributed by atoms with Crippen LogP contribution < -0.4 is 9.47 Å². The van der Waals surface area contributed by atoms with Crippen molar-refractivity contribution in [2.45, 2.75) is 12.5 Å². The molecule has 2 aliphatic heterocycles. The van der Waals surface area contributed by atoms with E-state index < -0.39 is 5.60 Å². The number of allylic oxidation sites excluding steroid dienone is 1. The minimum absolute atomic E-state index is 0.0573. The van der Waals surface area contributed by atoms with Gasteiger partial charge in [0.25, 0.3) is 0 Å². The highest BCUT2D eigenvalue weighted by Crippen LogP contribution is 2.50. The molecular formula is C24H15Cl3O3. The van der Waals surface area contributed by atoms with Crippen LogP contribution in [0.5, 0.6) is 17.2 Å². The summed E-state index contributed by atoms with van der Waals surface area (Å²) < 4.78 is 12.7. The van der Waals surface area contributed by atoms with Gasteiger partial charge in [0, 0.05) is 32.3 Å². The molecule has 0 unspecified atom stereocenters. The molecule has 0 bridgehead atoms. The van der Waals surface area contributed by atoms with Crippen LogP contribution in [-0.2, 0) is 5.60 Å². The van der Waals surface area contributed by atoms with E-state index in [4.69, 9.17) is 44.3 Å². The Morgan fingerprint density at radius 2 is 1.40 bits per heavy atom. The Labute approximate surface area is 188 Å². The van der Waals surface area contributed by atoms with Gasteiger partial charge in [-0.15, -0.1) is 0 Å². The molecule has 0 aromatic heterocycles. The van der Waals surface area contributed by atoms with Gasteiger partial charge in [0.15, 0.2) is 5.60 Å². The normalized spacial score (nSPS) is 19.2. The number of benzene rings is 3. The first kappa shape index (κ1) is 19.4. The largest absolute Gasteiger partial charge is 0.507 e. The number of aromatic hydroxyl groups is 1. The Kier molecular flexibility index (Phi) is 4.51. The van der Waals surface area contributed by atoms with Crippen molar-refractivity contribution in [1.29, 1.82) is 0 Å². The summed E-state index contributed by atoms with van der Waals surface area (Å²) in [4.78, 5) is 0. The molecule has 6 heteroatoms. The summed E-state index contributed by atoms with van der Waals surface area (Å²) in [5, 5.41) is 12.1. The highest BCUT2D eigenvalue weighted by molar-refractivity contribution is 6.31. The minimum atomic E-state index is -0.979. The predicted molar refractivity (Wildman–Crippen MR) is 121 cm³/mol. The maximum absolute atomic E-state index is 10.4. The topological polar surface area (TPSA) is 38.7 Å². The summed E-state index contributed by atoms with van der Waals surface area (Å²) in [6, 6.07) is 15.7. The molecular weight excluding hydrogens is 443 g/mol. The van der Waals surface area contributed by atoms with Crippen LogP contribution in [0.25, 0.3) is 11.3 Å². The first-order chi connectivity index (χ1) is 14.3. The van der Waals surface area contributed by atoms with Gasteiger partial charge in [-0.05, 0) is 73.2 Å². The maximum Gasteiger partial charge on any atom is 0.179 e. The zero-order valence-electron chi connectivity index (χ0n) is 15.7. The monoisotopic (exact) mass is 456 g/mol. The lowest BCUT2D eigenvalue weighted by molar-refractivity contribution is 0.159. The lowest BCUT2D eigenvalue weighted by Gasteiger charge is -2.38. The van der Waals surface area contributed by atoms with Crippen molar-refractivity contribution in [1.82, 2.24) is 0 Å². The van der Waals surface area contributed by atoms with Crippen LogP contribution in [0.1, 0.15) is 23.6 Å². The smallest absolute Gasteiger partial charge is 0.179 e. The number of halogens is 3. The van der Waals surface area contributed by atoms with E-state index in [0.29, 0.717) is 37.9 Å². The molecule has 3 aromatic rings. The molecule has 0 amide bonds. The molecule has 0 aliphatic carbocycles. The minimum Gasteiger partial charge on any atom is -0.507 e. The van der Waals surface area contributed by atoms with Gasteiger partial charge in [-0.25, -0.2) is 0 Å². The summed E-state index contributed by atoms with van der Waals surface area (Å²) in [6.07, 6.45) is 3.84. The third kappa shape index (κ3) is 3.14. The van der Waals surface area contributed by atoms with Gasteiger partial charge in [-0.2, -0.15) is 0 Å². The van der Waals surface area contributed by atoms with Crippen molar-refractivity contribution in [2.75, 3.05) is 0 Å². The lowest BCUT2D eigenvalue weighted by atomic mass is 9.84. The van der Waals surface area contributed by atoms with Crippen LogP contribution in [0, 0.1) is 0 Å². The van der Waals surface area contributed by atoms with Gasteiger partial charge in [0.2, 0.25) is 0 Å². The summed E-state index contributed by atoms with van der Waals surface area (Å²) in [5.74, 6) is 1.77. The lowest BCUT2D eigenvalue weighted by Crippen LogP contribution is -2.35. The molecule has 0 saturated carbocycles. The Hall–Kier alpha value is -2.59. The van der Waals surface area contributed by atoms with Gasteiger partial charge in [0.05, 0.1) is 5.56 Å². The standard InChI is InChI=1S/C24H15Cl3O3/c1-13-11-24(30-21-6-3-15(26)8-17(13)21)12-23(18-9-14(25)2-5-20(18)28)29-22-7-4-16(27)10-19(22)24/h2-12,28H,1H3/t24-/m1/s1. The van der Waals surface area contributed by atoms with E-state index in [2.05, 4.69) is 0 Å². The van der Waals surface area contributed by atoms with E-state index in [1.807, 2.05) is 37.3 Å². The maximum atomic E-state index is 10.4. The zero-order chi connectivity index (χ0) is 21.0. The third-order valence-electron chi connectivity index (χ3n) is 5.23. The van der Waals surface area contributed by atoms with Gasteiger partial charge in [0.1, 0.15) is 23.0 Å². The molecule has 150 valence electrons. The van der Waals surface area contributed by atoms with Crippen molar-refractivity contribution >= 4 is 46.1 Å². The van der Waals surface area contributed by atoms with Gasteiger partial charge < -0.3 is 14.6 Å². The molecule has 1 atom stereocenters. The second kappa shape index (κ2) is 6.98. The molecule has 0 radical (unpaired) electrons. The fourth-order valence-electron chi connectivity index (χ4n) is 3.87. The Balaban J connectivity index is 1.76. The molecule has 3 nitrogen and oxygen atoms in total. The Morgan fingerprint density at radius 1 is 0.767 bits per heavy atom. The van der Waals surface area contributed by atoms with Gasteiger partial charge in [-0.1, -0.05) is 34.8 Å². The van der Waals surface area contributed by atoms with Crippen LogP contribution in [0.3, 0.4) is 0 Å². The van der Waals surface area contributed by atoms with Crippen LogP contribution in [0.15, 0.2) is 66.7 Å². The molecule has 2 aliphatic rings. The van der Waals surface area contributed by atoms with Crippen molar-refractivity contribution in [2.24, 2.45) is 0 Å². The van der Waals surface area contributed by atoms with Crippen LogP contribution in [0.2, 0.25) is 15.1 Å². The quantitative estimate of drug-likeness (QED) is 0.412. The SMILES string of the molecule is CC1=C[C@]2(C=C(c3cc(Cl)ccc3O)Oc3ccc(Cl)cc32)Oc2ccc(Cl)cc21. The average Bonchev–Trinajstić information content (AvgIpc) is 2.71. The number of hydrogen-bond acceptors (Lipinski definition) is 3. The molecule has 3 aromatic carbocycles. The average molecular weight is 458 g/mol. The van der Waals surface area contributed by atoms with E-state index in [1.165, 1.54) is 6.07 Å². The zero-order valence-corrected chi connectivity index (χ0v) is 18.0. The fourth-order valence-corrected chi connectivity index (χ4v) is 4.39. The molecule has 0 saturated heterocycles. The fraction of sp³-hybridized carbons (Fsp3) is 0.0833. The summed E-state index contributed by atoms with van der Waals surface area (Å²) in [7, 11) is 0. The van der Waals surface area contributed by atoms with E-state index in [9.17, 15) is 5.11 Å². The number of fused-ring (bicyclic) bond motifs is 3. The second-order valence-electron chi connectivity index (χ2n) is 7.28. The summed E-state index contributed by atoms with van der Waals surface area (Å²) in [6.45, 7) is 2.00. The molecule has 5 rings (SSSR count). The number of hydrogen-bond donors (Lipinski definition) is 1. The summed E-state index contributed by atoms with van der Waals surface area (Å²) >= 11 is 18.7. The Morgan fingerprint density at radius 3 is 2.17 bits per heavy atom. The predicted octanol–water partition coefficient (Wildman–Crippen LogP) is 7.48. The first-order valence-electron chi connectivity index (χ1n) is 9.23. The number of phenolic OH excluding ortho intramolecular Hbond substituents is 1. The van der Waals surface area contributed by atoms with Crippen molar-refractivity contribution in [3.05, 3.63) is 98.5 Å². The van der Waals surface area contributed by atoms with Gasteiger partial charge >= 0.3 is 0 Å². The van der Waals surface area contributed by atoms with E-state index in [1.54, 1.807) is 30.3 Å². The van der Waals surface area contributed by atoms with Crippen molar-refractivity contribution < 1.29 is 14.6 Å². The van der Waals surface area contributed by atoms with E-state index >= 15 is 0 Å². The van der Waals surface area contributed by atoms with Gasteiger partial charge in [-0.3, -0.25) is 0 Å². The number of ether oxygens (including phenoxy) is 2. The van der Waals surface area contributed by atoms with Crippen molar-refractivity contribution in [3.63, 3.8) is 0 Å². The second-order valence-corrected chi connectivity index (χ2v) is 8.58. The van der Waals surface area contributed by atoms with Crippen LogP contribution >= 0.6 is 34.8 Å². The van der Waals surface area contributed by atoms with E-state index in [0.717, 1.165) is 16.7 Å². The molecule has 0 fully saturated rings. The van der Waals surface area contributed by atoms with Crippen LogP contribution in [-0.4, -0.2) is 5.11 Å². The summed E-state index contributed by atoms with van der Waals surface area (Å²) in [5.41, 5.74) is 2.17. The molecule has 2 heterocycles. The molecule has 1 N–H and O–H groups in total. The number of phenols is 1. The third-order valence-corrected chi connectivity index (χ3v) is 5.93. The number of rotatable bonds is 1. The highest BCUT2D eigenvalue weighted by Gasteiger charge is 2.41. The molecule has 1 spiro atoms. The van der Waals surface area contributed by atoms with Crippen LogP contribution in [0.4, 0.5) is 0 Å². The van der Waals surface area contributed by atoms with E-state index in [-0.39, 0.29) is 5.75 Å². The van der Waals surface area contributed by atoms with Crippen molar-refractivity contribution in [3.8, 4) is 17.2 Å².